The zero-order valence-corrected chi connectivity index (χ0v) is 14.0. The number of nitrogens with one attached hydrogen (secondary N) is 1. The van der Waals surface area contributed by atoms with E-state index in [-0.39, 0.29) is 23.3 Å². The van der Waals surface area contributed by atoms with Crippen LogP contribution in [0.3, 0.4) is 0 Å². The van der Waals surface area contributed by atoms with E-state index in [1.807, 2.05) is 0 Å². The van der Waals surface area contributed by atoms with Crippen LogP contribution in [0, 0.1) is 5.92 Å². The highest BCUT2D eigenvalue weighted by Gasteiger charge is 2.34. The molecule has 1 saturated heterocycles. The molecule has 2 rings (SSSR count). The number of hydrogen-bond donors (Lipinski definition) is 2. The molecule has 1 aromatic carbocycles. The number of rotatable bonds is 6. The Morgan fingerprint density at radius 1 is 1.43 bits per heavy atom. The molecule has 1 aromatic rings. The van der Waals surface area contributed by atoms with Gasteiger partial charge in [-0.15, -0.1) is 0 Å². The fourth-order valence-corrected chi connectivity index (χ4v) is 4.37. The van der Waals surface area contributed by atoms with Crippen molar-refractivity contribution < 1.29 is 17.9 Å². The molecule has 1 fully saturated rings. The maximum Gasteiger partial charge on any atom is 0.246 e. The second-order valence-electron chi connectivity index (χ2n) is 5.43. The average Bonchev–Trinajstić information content (AvgIpc) is 2.59. The predicted molar refractivity (Wildman–Crippen MR) is 86.5 cm³/mol. The maximum absolute atomic E-state index is 12.8. The van der Waals surface area contributed by atoms with Crippen LogP contribution in [0.1, 0.15) is 12.8 Å². The van der Waals surface area contributed by atoms with Gasteiger partial charge in [-0.25, -0.2) is 8.42 Å². The summed E-state index contributed by atoms with van der Waals surface area (Å²) >= 11 is 0. The molecule has 128 valence electrons. The number of hydrogen-bond acceptors (Lipinski definition) is 5. The third-order valence-corrected chi connectivity index (χ3v) is 5.79. The minimum Gasteiger partial charge on any atom is -0.495 e. The van der Waals surface area contributed by atoms with Gasteiger partial charge in [-0.1, -0.05) is 12.1 Å². The standard InChI is InChI=1S/C15H23N3O4S/c1-22-13-6-2-3-7-14(13)23(20,21)18-10-4-5-12(11-18)15(19)17-9-8-16/h2-3,6-7,12H,4-5,8-11,16H2,1H3,(H,17,19). The van der Waals surface area contributed by atoms with Crippen LogP contribution < -0.4 is 15.8 Å². The van der Waals surface area contributed by atoms with E-state index < -0.39 is 10.0 Å². The number of carbonyl (C=O) groups is 1. The number of nitrogens with two attached hydrogens (primary N) is 1. The van der Waals surface area contributed by atoms with Gasteiger partial charge in [-0.2, -0.15) is 4.31 Å². The summed E-state index contributed by atoms with van der Waals surface area (Å²) in [5.41, 5.74) is 5.38. The summed E-state index contributed by atoms with van der Waals surface area (Å²) < 4.78 is 32.2. The monoisotopic (exact) mass is 341 g/mol. The smallest absolute Gasteiger partial charge is 0.246 e. The normalized spacial score (nSPS) is 19.3. The molecule has 0 bridgehead atoms. The Morgan fingerprint density at radius 3 is 2.87 bits per heavy atom. The number of piperidine rings is 1. The molecule has 1 aliphatic rings. The summed E-state index contributed by atoms with van der Waals surface area (Å²) in [6, 6.07) is 6.51. The minimum absolute atomic E-state index is 0.130. The van der Waals surface area contributed by atoms with Crippen molar-refractivity contribution in [2.24, 2.45) is 11.7 Å². The van der Waals surface area contributed by atoms with Gasteiger partial charge in [0.2, 0.25) is 15.9 Å². The number of ether oxygens (including phenoxy) is 1. The lowest BCUT2D eigenvalue weighted by Gasteiger charge is -2.31. The molecule has 1 atom stereocenters. The molecule has 0 saturated carbocycles. The van der Waals surface area contributed by atoms with Crippen molar-refractivity contribution in [2.45, 2.75) is 17.7 Å². The average molecular weight is 341 g/mol. The number of sulfonamides is 1. The zero-order chi connectivity index (χ0) is 16.9. The van der Waals surface area contributed by atoms with E-state index in [2.05, 4.69) is 5.32 Å². The molecular formula is C15H23N3O4S. The number of para-hydroxylation sites is 1. The van der Waals surface area contributed by atoms with Crippen molar-refractivity contribution in [2.75, 3.05) is 33.3 Å². The Labute approximate surface area is 136 Å². The van der Waals surface area contributed by atoms with Crippen LogP contribution in [0.2, 0.25) is 0 Å². The molecule has 1 amide bonds. The van der Waals surface area contributed by atoms with E-state index in [4.69, 9.17) is 10.5 Å². The molecule has 8 heteroatoms. The lowest BCUT2D eigenvalue weighted by molar-refractivity contribution is -0.126. The van der Waals surface area contributed by atoms with E-state index >= 15 is 0 Å². The summed E-state index contributed by atoms with van der Waals surface area (Å²) in [5, 5.41) is 2.73. The van der Waals surface area contributed by atoms with Gasteiger partial charge in [0, 0.05) is 26.2 Å². The molecule has 0 spiro atoms. The summed E-state index contributed by atoms with van der Waals surface area (Å²) in [5.74, 6) is -0.183. The quantitative estimate of drug-likeness (QED) is 0.768. The maximum atomic E-state index is 12.8. The van der Waals surface area contributed by atoms with Gasteiger partial charge in [0.1, 0.15) is 10.6 Å². The predicted octanol–water partition coefficient (Wildman–Crippen LogP) is 0.171. The summed E-state index contributed by atoms with van der Waals surface area (Å²) in [6.45, 7) is 1.34. The van der Waals surface area contributed by atoms with Crippen LogP contribution in [0.4, 0.5) is 0 Å². The fraction of sp³-hybridized carbons (Fsp3) is 0.533. The van der Waals surface area contributed by atoms with Gasteiger partial charge >= 0.3 is 0 Å². The van der Waals surface area contributed by atoms with Gasteiger partial charge in [-0.05, 0) is 25.0 Å². The highest BCUT2D eigenvalue weighted by molar-refractivity contribution is 7.89. The Balaban J connectivity index is 2.18. The molecule has 3 N–H and O–H groups in total. The first-order valence-electron chi connectivity index (χ1n) is 7.61. The van der Waals surface area contributed by atoms with Gasteiger partial charge < -0.3 is 15.8 Å². The SMILES string of the molecule is COc1ccccc1S(=O)(=O)N1CCCC(C(=O)NCCN)C1. The molecular weight excluding hydrogens is 318 g/mol. The van der Waals surface area contributed by atoms with Gasteiger partial charge in [0.15, 0.2) is 0 Å². The van der Waals surface area contributed by atoms with Gasteiger partial charge in [0.05, 0.1) is 13.0 Å². The van der Waals surface area contributed by atoms with Crippen LogP contribution in [0.25, 0.3) is 0 Å². The Morgan fingerprint density at radius 2 is 2.17 bits per heavy atom. The number of nitrogens with zero attached hydrogens (tertiary/aromatic N) is 1. The van der Waals surface area contributed by atoms with Crippen LogP contribution in [-0.4, -0.2) is 51.9 Å². The van der Waals surface area contributed by atoms with Gasteiger partial charge in [0.25, 0.3) is 0 Å². The molecule has 0 radical (unpaired) electrons. The molecule has 7 nitrogen and oxygen atoms in total. The first-order valence-corrected chi connectivity index (χ1v) is 9.05. The molecule has 23 heavy (non-hydrogen) atoms. The molecule has 1 unspecified atom stereocenters. The Kier molecular flexibility index (Phi) is 5.97. The lowest BCUT2D eigenvalue weighted by atomic mass is 9.99. The number of benzene rings is 1. The van der Waals surface area contributed by atoms with Gasteiger partial charge in [-0.3, -0.25) is 4.79 Å². The first kappa shape index (κ1) is 17.7. The van der Waals surface area contributed by atoms with Crippen LogP contribution >= 0.6 is 0 Å². The third kappa shape index (κ3) is 4.01. The summed E-state index contributed by atoms with van der Waals surface area (Å²) in [4.78, 5) is 12.2. The minimum atomic E-state index is -3.69. The van der Waals surface area contributed by atoms with Crippen LogP contribution in [0.5, 0.6) is 5.75 Å². The highest BCUT2D eigenvalue weighted by Crippen LogP contribution is 2.29. The summed E-state index contributed by atoms with van der Waals surface area (Å²) in [6.07, 6.45) is 1.32. The molecule has 1 heterocycles. The van der Waals surface area contributed by atoms with Crippen molar-refractivity contribution in [3.63, 3.8) is 0 Å². The van der Waals surface area contributed by atoms with Crippen molar-refractivity contribution in [3.8, 4) is 5.75 Å². The van der Waals surface area contributed by atoms with E-state index in [9.17, 15) is 13.2 Å². The molecule has 1 aliphatic heterocycles. The lowest BCUT2D eigenvalue weighted by Crippen LogP contribution is -2.46. The van der Waals surface area contributed by atoms with Crippen LogP contribution in [-0.2, 0) is 14.8 Å². The third-order valence-electron chi connectivity index (χ3n) is 3.89. The molecule has 0 aromatic heterocycles. The van der Waals surface area contributed by atoms with E-state index in [1.54, 1.807) is 18.2 Å². The topological polar surface area (TPSA) is 102 Å². The summed E-state index contributed by atoms with van der Waals surface area (Å²) in [7, 11) is -2.25. The van der Waals surface area contributed by atoms with Crippen LogP contribution in [0.15, 0.2) is 29.2 Å². The van der Waals surface area contributed by atoms with E-state index in [0.29, 0.717) is 38.2 Å². The van der Waals surface area contributed by atoms with E-state index in [0.717, 1.165) is 0 Å². The van der Waals surface area contributed by atoms with E-state index in [1.165, 1.54) is 17.5 Å². The second kappa shape index (κ2) is 7.76. The van der Waals surface area contributed by atoms with Crippen molar-refractivity contribution >= 4 is 15.9 Å². The Hall–Kier alpha value is -1.64. The molecule has 0 aliphatic carbocycles. The Bertz CT molecular complexity index is 648. The van der Waals surface area contributed by atoms with Crippen molar-refractivity contribution in [3.05, 3.63) is 24.3 Å². The number of carbonyl (C=O) groups excluding carboxylic acids is 1. The first-order chi connectivity index (χ1) is 11.0. The zero-order valence-electron chi connectivity index (χ0n) is 13.2. The highest BCUT2D eigenvalue weighted by atomic mass is 32.2. The van der Waals surface area contributed by atoms with Crippen molar-refractivity contribution in [1.29, 1.82) is 0 Å². The number of methoxy groups -OCH3 is 1. The number of amides is 1. The largest absolute Gasteiger partial charge is 0.495 e. The fourth-order valence-electron chi connectivity index (χ4n) is 2.69. The second-order valence-corrected chi connectivity index (χ2v) is 7.34. The van der Waals surface area contributed by atoms with Crippen molar-refractivity contribution in [1.82, 2.24) is 9.62 Å².